The van der Waals surface area contributed by atoms with Crippen molar-refractivity contribution in [3.63, 3.8) is 0 Å². The smallest absolute Gasteiger partial charge is 0.231 e. The van der Waals surface area contributed by atoms with Gasteiger partial charge < -0.3 is 15.3 Å². The van der Waals surface area contributed by atoms with Crippen LogP contribution >= 0.6 is 0 Å². The number of oxazole rings is 1. The molecule has 3 N–H and O–H groups in total. The van der Waals surface area contributed by atoms with Crippen molar-refractivity contribution < 1.29 is 9.52 Å². The van der Waals surface area contributed by atoms with E-state index in [1.54, 1.807) is 12.1 Å². The molecular weight excluding hydrogens is 228 g/mol. The molecule has 2 aromatic carbocycles. The van der Waals surface area contributed by atoms with Crippen molar-refractivity contribution in [2.75, 3.05) is 5.73 Å². The maximum Gasteiger partial charge on any atom is 0.231 e. The second kappa shape index (κ2) is 3.77. The van der Waals surface area contributed by atoms with E-state index in [-0.39, 0.29) is 5.75 Å². The molecule has 3 aromatic rings. The van der Waals surface area contributed by atoms with Gasteiger partial charge in [0, 0.05) is 11.8 Å². The minimum atomic E-state index is 0.0679. The molecule has 0 radical (unpaired) electrons. The molecule has 1 aromatic heterocycles. The number of fused-ring (bicyclic) bond motifs is 1. The highest BCUT2D eigenvalue weighted by molar-refractivity contribution is 5.78. The molecule has 1 heterocycles. The van der Waals surface area contributed by atoms with Gasteiger partial charge in [-0.15, -0.1) is 0 Å². The third-order valence-corrected chi connectivity index (χ3v) is 2.80. The fraction of sp³-hybridized carbons (Fsp3) is 0.0714. The lowest BCUT2D eigenvalue weighted by Crippen LogP contribution is -1.85. The van der Waals surface area contributed by atoms with Crippen LogP contribution in [0.4, 0.5) is 5.69 Å². The predicted molar refractivity (Wildman–Crippen MR) is 70.3 cm³/mol. The SMILES string of the molecule is Cc1ccc2oc(-c3ccc(N)cc3O)nc2c1. The number of rotatable bonds is 1. The summed E-state index contributed by atoms with van der Waals surface area (Å²) in [5.41, 5.74) is 9.23. The van der Waals surface area contributed by atoms with Crippen LogP contribution in [0.15, 0.2) is 40.8 Å². The van der Waals surface area contributed by atoms with Crippen LogP contribution in [0, 0.1) is 6.92 Å². The lowest BCUT2D eigenvalue weighted by atomic mass is 10.2. The number of phenolic OH excluding ortho intramolecular Hbond substituents is 1. The molecule has 0 aliphatic carbocycles. The van der Waals surface area contributed by atoms with Gasteiger partial charge in [-0.05, 0) is 36.8 Å². The topological polar surface area (TPSA) is 72.3 Å². The number of aromatic nitrogens is 1. The van der Waals surface area contributed by atoms with Crippen LogP contribution < -0.4 is 5.73 Å². The van der Waals surface area contributed by atoms with Gasteiger partial charge in [0.15, 0.2) is 5.58 Å². The summed E-state index contributed by atoms with van der Waals surface area (Å²) < 4.78 is 5.62. The number of hydrogen-bond acceptors (Lipinski definition) is 4. The number of nitrogens with two attached hydrogens (primary N) is 1. The van der Waals surface area contributed by atoms with E-state index in [1.165, 1.54) is 6.07 Å². The lowest BCUT2D eigenvalue weighted by Gasteiger charge is -2.00. The highest BCUT2D eigenvalue weighted by Crippen LogP contribution is 2.32. The third kappa shape index (κ3) is 1.68. The van der Waals surface area contributed by atoms with E-state index in [4.69, 9.17) is 10.2 Å². The quantitative estimate of drug-likeness (QED) is 0.641. The number of nitrogen functional groups attached to an aromatic ring is 1. The zero-order chi connectivity index (χ0) is 12.7. The molecule has 0 fully saturated rings. The molecule has 0 aliphatic heterocycles. The summed E-state index contributed by atoms with van der Waals surface area (Å²) in [6.07, 6.45) is 0. The van der Waals surface area contributed by atoms with Crippen molar-refractivity contribution in [1.29, 1.82) is 0 Å². The zero-order valence-electron chi connectivity index (χ0n) is 9.84. The molecule has 0 saturated heterocycles. The monoisotopic (exact) mass is 240 g/mol. The number of phenols is 1. The van der Waals surface area contributed by atoms with Crippen molar-refractivity contribution >= 4 is 16.8 Å². The first-order valence-corrected chi connectivity index (χ1v) is 5.59. The van der Waals surface area contributed by atoms with E-state index in [2.05, 4.69) is 4.98 Å². The van der Waals surface area contributed by atoms with Crippen LogP contribution in [0.2, 0.25) is 0 Å². The largest absolute Gasteiger partial charge is 0.507 e. The number of aromatic hydroxyl groups is 1. The molecule has 0 amide bonds. The summed E-state index contributed by atoms with van der Waals surface area (Å²) in [6.45, 7) is 1.99. The van der Waals surface area contributed by atoms with E-state index in [0.717, 1.165) is 11.1 Å². The maximum absolute atomic E-state index is 9.84. The van der Waals surface area contributed by atoms with Crippen molar-refractivity contribution in [2.24, 2.45) is 0 Å². The van der Waals surface area contributed by atoms with Crippen LogP contribution in [0.25, 0.3) is 22.6 Å². The van der Waals surface area contributed by atoms with E-state index >= 15 is 0 Å². The Morgan fingerprint density at radius 2 is 2.00 bits per heavy atom. The van der Waals surface area contributed by atoms with E-state index < -0.39 is 0 Å². The Bertz CT molecular complexity index is 732. The van der Waals surface area contributed by atoms with Crippen LogP contribution in [-0.4, -0.2) is 10.1 Å². The summed E-state index contributed by atoms with van der Waals surface area (Å²) in [6, 6.07) is 10.7. The van der Waals surface area contributed by atoms with Gasteiger partial charge in [0.1, 0.15) is 11.3 Å². The first kappa shape index (κ1) is 10.7. The van der Waals surface area contributed by atoms with Gasteiger partial charge in [-0.3, -0.25) is 0 Å². The summed E-state index contributed by atoms with van der Waals surface area (Å²) in [7, 11) is 0. The van der Waals surface area contributed by atoms with Crippen LogP contribution in [0.3, 0.4) is 0 Å². The van der Waals surface area contributed by atoms with Gasteiger partial charge in [-0.2, -0.15) is 0 Å². The van der Waals surface area contributed by atoms with Crippen LogP contribution in [-0.2, 0) is 0 Å². The van der Waals surface area contributed by atoms with Crippen molar-refractivity contribution in [1.82, 2.24) is 4.98 Å². The van der Waals surface area contributed by atoms with Gasteiger partial charge in [0.05, 0.1) is 5.56 Å². The summed E-state index contributed by atoms with van der Waals surface area (Å²) in [4.78, 5) is 4.37. The highest BCUT2D eigenvalue weighted by atomic mass is 16.3. The fourth-order valence-corrected chi connectivity index (χ4v) is 1.88. The Morgan fingerprint density at radius 3 is 2.78 bits per heavy atom. The number of nitrogens with zero attached hydrogens (tertiary/aromatic N) is 1. The van der Waals surface area contributed by atoms with Crippen molar-refractivity contribution in [3.05, 3.63) is 42.0 Å². The number of aryl methyl sites for hydroxylation is 1. The Balaban J connectivity index is 2.19. The second-order valence-electron chi connectivity index (χ2n) is 4.27. The summed E-state index contributed by atoms with van der Waals surface area (Å²) >= 11 is 0. The Kier molecular flexibility index (Phi) is 2.23. The van der Waals surface area contributed by atoms with Gasteiger partial charge in [0.2, 0.25) is 5.89 Å². The minimum absolute atomic E-state index is 0.0679. The van der Waals surface area contributed by atoms with Crippen LogP contribution in [0.1, 0.15) is 5.56 Å². The molecule has 90 valence electrons. The average Bonchev–Trinajstić information content (AvgIpc) is 2.71. The summed E-state index contributed by atoms with van der Waals surface area (Å²) in [5.74, 6) is 0.464. The molecule has 4 heteroatoms. The van der Waals surface area contributed by atoms with Crippen molar-refractivity contribution in [3.8, 4) is 17.2 Å². The highest BCUT2D eigenvalue weighted by Gasteiger charge is 2.12. The number of hydrogen-bond donors (Lipinski definition) is 2. The predicted octanol–water partition coefficient (Wildman–Crippen LogP) is 3.09. The molecule has 4 nitrogen and oxygen atoms in total. The molecule has 0 spiro atoms. The molecular formula is C14H12N2O2. The van der Waals surface area contributed by atoms with Gasteiger partial charge in [-0.1, -0.05) is 6.07 Å². The molecule has 0 saturated carbocycles. The minimum Gasteiger partial charge on any atom is -0.507 e. The summed E-state index contributed by atoms with van der Waals surface area (Å²) in [5, 5.41) is 9.84. The van der Waals surface area contributed by atoms with Gasteiger partial charge in [0.25, 0.3) is 0 Å². The fourth-order valence-electron chi connectivity index (χ4n) is 1.88. The number of anilines is 1. The maximum atomic E-state index is 9.84. The Labute approximate surface area is 104 Å². The second-order valence-corrected chi connectivity index (χ2v) is 4.27. The first-order valence-electron chi connectivity index (χ1n) is 5.59. The van der Waals surface area contributed by atoms with E-state index in [0.29, 0.717) is 22.7 Å². The average molecular weight is 240 g/mol. The molecule has 3 rings (SSSR count). The zero-order valence-corrected chi connectivity index (χ0v) is 9.84. The van der Waals surface area contributed by atoms with Crippen molar-refractivity contribution in [2.45, 2.75) is 6.92 Å². The van der Waals surface area contributed by atoms with Gasteiger partial charge in [-0.25, -0.2) is 4.98 Å². The molecule has 0 bridgehead atoms. The van der Waals surface area contributed by atoms with E-state index in [1.807, 2.05) is 25.1 Å². The molecule has 0 unspecified atom stereocenters. The Morgan fingerprint density at radius 1 is 1.17 bits per heavy atom. The Hall–Kier alpha value is -2.49. The van der Waals surface area contributed by atoms with Gasteiger partial charge >= 0.3 is 0 Å². The molecule has 0 atom stereocenters. The normalized spacial score (nSPS) is 10.9. The van der Waals surface area contributed by atoms with E-state index in [9.17, 15) is 5.11 Å². The first-order chi connectivity index (χ1) is 8.63. The third-order valence-electron chi connectivity index (χ3n) is 2.80. The lowest BCUT2D eigenvalue weighted by molar-refractivity contribution is 0.474. The standard InChI is InChI=1S/C14H12N2O2/c1-8-2-5-13-11(6-8)16-14(18-13)10-4-3-9(15)7-12(10)17/h2-7,17H,15H2,1H3. The number of benzene rings is 2. The molecule has 18 heavy (non-hydrogen) atoms. The molecule has 0 aliphatic rings. The van der Waals surface area contributed by atoms with Crippen LogP contribution in [0.5, 0.6) is 5.75 Å².